The fraction of sp³-hybridized carbons (Fsp3) is 0.296. The van der Waals surface area contributed by atoms with Crippen LogP contribution in [0.5, 0.6) is 11.6 Å². The van der Waals surface area contributed by atoms with Crippen LogP contribution in [0.25, 0.3) is 11.1 Å². The summed E-state index contributed by atoms with van der Waals surface area (Å²) < 4.78 is 10.8. The molecule has 0 aliphatic heterocycles. The zero-order chi connectivity index (χ0) is 22.7. The number of rotatable bonds is 8. The maximum atomic E-state index is 12.7. The average molecular weight is 430 g/mol. The van der Waals surface area contributed by atoms with E-state index in [1.54, 1.807) is 38.4 Å². The first-order valence-corrected chi connectivity index (χ1v) is 10.9. The monoisotopic (exact) mass is 429 g/mol. The van der Waals surface area contributed by atoms with Gasteiger partial charge in [0.25, 0.3) is 0 Å². The lowest BCUT2D eigenvalue weighted by Crippen LogP contribution is -2.19. The molecular weight excluding hydrogens is 402 g/mol. The van der Waals surface area contributed by atoms with Crippen molar-refractivity contribution >= 4 is 11.8 Å². The summed E-state index contributed by atoms with van der Waals surface area (Å²) in [5.41, 5.74) is 3.43. The standard InChI is InChI=1S/C27H27NO4/c1-17(18(2)29)26(20-9-10-20)23-5-4-6-24(15-23)32-27(30)21-11-7-19(8-12-21)22-13-14-28-25(16-22)31-3/h4-8,11-17,20,26H,9-10H2,1-3H3/t17-,26+/m1/s1. The van der Waals surface area contributed by atoms with Crippen molar-refractivity contribution in [1.29, 1.82) is 0 Å². The highest BCUT2D eigenvalue weighted by molar-refractivity contribution is 5.91. The van der Waals surface area contributed by atoms with Gasteiger partial charge in [-0.05, 0) is 78.6 Å². The lowest BCUT2D eigenvalue weighted by molar-refractivity contribution is -0.121. The molecule has 1 aromatic heterocycles. The third kappa shape index (κ3) is 4.88. The van der Waals surface area contributed by atoms with Gasteiger partial charge in [-0.3, -0.25) is 4.79 Å². The van der Waals surface area contributed by atoms with Crippen LogP contribution in [0, 0.1) is 11.8 Å². The molecule has 0 N–H and O–H groups in total. The van der Waals surface area contributed by atoms with Gasteiger partial charge in [-0.1, -0.05) is 31.2 Å². The minimum absolute atomic E-state index is 0.0483. The van der Waals surface area contributed by atoms with Crippen LogP contribution in [0.2, 0.25) is 0 Å². The average Bonchev–Trinajstić information content (AvgIpc) is 3.64. The topological polar surface area (TPSA) is 65.5 Å². The fourth-order valence-electron chi connectivity index (χ4n) is 4.13. The minimum Gasteiger partial charge on any atom is -0.481 e. The van der Waals surface area contributed by atoms with E-state index in [2.05, 4.69) is 4.98 Å². The Morgan fingerprint density at radius 1 is 1.00 bits per heavy atom. The Morgan fingerprint density at radius 3 is 2.41 bits per heavy atom. The molecule has 0 radical (unpaired) electrons. The molecule has 0 unspecified atom stereocenters. The number of pyridine rings is 1. The molecule has 1 aliphatic rings. The number of benzene rings is 2. The van der Waals surface area contributed by atoms with E-state index in [0.717, 1.165) is 29.5 Å². The van der Waals surface area contributed by atoms with Gasteiger partial charge >= 0.3 is 5.97 Å². The van der Waals surface area contributed by atoms with Crippen molar-refractivity contribution in [2.75, 3.05) is 7.11 Å². The molecule has 0 bridgehead atoms. The SMILES string of the molecule is COc1cc(-c2ccc(C(=O)Oc3cccc([C@H](C4CC4)[C@H](C)C(C)=O)c3)cc2)ccn1. The number of methoxy groups -OCH3 is 1. The van der Waals surface area contributed by atoms with Crippen molar-refractivity contribution < 1.29 is 19.1 Å². The Kier molecular flexibility index (Phi) is 6.35. The molecule has 32 heavy (non-hydrogen) atoms. The van der Waals surface area contributed by atoms with Gasteiger partial charge in [-0.25, -0.2) is 9.78 Å². The van der Waals surface area contributed by atoms with Crippen LogP contribution >= 0.6 is 0 Å². The molecule has 4 rings (SSSR count). The molecule has 2 atom stereocenters. The summed E-state index contributed by atoms with van der Waals surface area (Å²) in [4.78, 5) is 28.8. The predicted octanol–water partition coefficient (Wildman–Crippen LogP) is 5.70. The van der Waals surface area contributed by atoms with E-state index in [4.69, 9.17) is 9.47 Å². The van der Waals surface area contributed by atoms with E-state index in [0.29, 0.717) is 23.1 Å². The number of esters is 1. The Morgan fingerprint density at radius 2 is 1.75 bits per heavy atom. The van der Waals surface area contributed by atoms with Crippen LogP contribution in [0.4, 0.5) is 0 Å². The second-order valence-electron chi connectivity index (χ2n) is 8.39. The number of carbonyl (C=O) groups is 2. The van der Waals surface area contributed by atoms with Crippen molar-refractivity contribution in [2.45, 2.75) is 32.6 Å². The van der Waals surface area contributed by atoms with Crippen molar-refractivity contribution in [3.63, 3.8) is 0 Å². The van der Waals surface area contributed by atoms with Gasteiger partial charge in [0.2, 0.25) is 5.88 Å². The van der Waals surface area contributed by atoms with Gasteiger partial charge < -0.3 is 9.47 Å². The Bertz CT molecular complexity index is 1120. The van der Waals surface area contributed by atoms with Gasteiger partial charge in [-0.15, -0.1) is 0 Å². The van der Waals surface area contributed by atoms with Gasteiger partial charge in [0.15, 0.2) is 0 Å². The van der Waals surface area contributed by atoms with Crippen LogP contribution in [0.15, 0.2) is 66.9 Å². The third-order valence-electron chi connectivity index (χ3n) is 6.16. The van der Waals surface area contributed by atoms with E-state index >= 15 is 0 Å². The highest BCUT2D eigenvalue weighted by Crippen LogP contribution is 2.47. The second kappa shape index (κ2) is 9.35. The molecule has 164 valence electrons. The van der Waals surface area contributed by atoms with Crippen molar-refractivity contribution in [2.24, 2.45) is 11.8 Å². The predicted molar refractivity (Wildman–Crippen MR) is 123 cm³/mol. The normalized spacial score (nSPS) is 15.0. The zero-order valence-electron chi connectivity index (χ0n) is 18.6. The number of carbonyl (C=O) groups excluding carboxylic acids is 2. The van der Waals surface area contributed by atoms with Crippen LogP contribution in [-0.2, 0) is 4.79 Å². The number of Topliss-reactive ketones (excluding diaryl/α,β-unsaturated/α-hetero) is 1. The maximum Gasteiger partial charge on any atom is 0.343 e. The van der Waals surface area contributed by atoms with E-state index in [1.807, 2.05) is 49.4 Å². The van der Waals surface area contributed by atoms with Crippen molar-refractivity contribution in [1.82, 2.24) is 4.98 Å². The Balaban J connectivity index is 1.49. The number of ketones is 1. The highest BCUT2D eigenvalue weighted by Gasteiger charge is 2.37. The first-order chi connectivity index (χ1) is 15.5. The molecular formula is C27H27NO4. The van der Waals surface area contributed by atoms with Crippen LogP contribution in [0.1, 0.15) is 48.5 Å². The molecule has 0 spiro atoms. The number of nitrogens with zero attached hydrogens (tertiary/aromatic N) is 1. The molecule has 1 aliphatic carbocycles. The molecule has 1 heterocycles. The summed E-state index contributed by atoms with van der Waals surface area (Å²) in [6.45, 7) is 3.64. The molecule has 3 aromatic rings. The second-order valence-corrected chi connectivity index (χ2v) is 8.39. The van der Waals surface area contributed by atoms with Gasteiger partial charge in [0, 0.05) is 18.2 Å². The number of ether oxygens (including phenoxy) is 2. The molecule has 5 nitrogen and oxygen atoms in total. The maximum absolute atomic E-state index is 12.7. The summed E-state index contributed by atoms with van der Waals surface area (Å²) in [7, 11) is 1.58. The summed E-state index contributed by atoms with van der Waals surface area (Å²) in [6, 6.07) is 18.6. The summed E-state index contributed by atoms with van der Waals surface area (Å²) >= 11 is 0. The van der Waals surface area contributed by atoms with Gasteiger partial charge in [-0.2, -0.15) is 0 Å². The van der Waals surface area contributed by atoms with Gasteiger partial charge in [0.1, 0.15) is 11.5 Å². The van der Waals surface area contributed by atoms with E-state index < -0.39 is 5.97 Å². The Hall–Kier alpha value is -3.47. The molecule has 1 saturated carbocycles. The first-order valence-electron chi connectivity index (χ1n) is 10.9. The summed E-state index contributed by atoms with van der Waals surface area (Å²) in [5, 5.41) is 0. The van der Waals surface area contributed by atoms with Crippen LogP contribution in [0.3, 0.4) is 0 Å². The zero-order valence-corrected chi connectivity index (χ0v) is 18.6. The number of aromatic nitrogens is 1. The molecule has 5 heteroatoms. The lowest BCUT2D eigenvalue weighted by atomic mass is 9.81. The number of hydrogen-bond donors (Lipinski definition) is 0. The molecule has 0 saturated heterocycles. The largest absolute Gasteiger partial charge is 0.481 e. The fourth-order valence-corrected chi connectivity index (χ4v) is 4.13. The molecule has 1 fully saturated rings. The van der Waals surface area contributed by atoms with Gasteiger partial charge in [0.05, 0.1) is 12.7 Å². The molecule has 0 amide bonds. The smallest absolute Gasteiger partial charge is 0.343 e. The summed E-state index contributed by atoms with van der Waals surface area (Å²) in [6.07, 6.45) is 3.97. The van der Waals surface area contributed by atoms with Crippen molar-refractivity contribution in [3.05, 3.63) is 78.0 Å². The first kappa shape index (κ1) is 21.8. The molecule has 2 aromatic carbocycles. The third-order valence-corrected chi connectivity index (χ3v) is 6.16. The minimum atomic E-state index is -0.413. The van der Waals surface area contributed by atoms with Crippen LogP contribution in [-0.4, -0.2) is 23.8 Å². The van der Waals surface area contributed by atoms with Crippen LogP contribution < -0.4 is 9.47 Å². The van der Waals surface area contributed by atoms with Crippen molar-refractivity contribution in [3.8, 4) is 22.8 Å². The highest BCUT2D eigenvalue weighted by atomic mass is 16.5. The lowest BCUT2D eigenvalue weighted by Gasteiger charge is -2.22. The van der Waals surface area contributed by atoms with E-state index in [1.165, 1.54) is 0 Å². The van der Waals surface area contributed by atoms with E-state index in [-0.39, 0.29) is 17.6 Å². The van der Waals surface area contributed by atoms with E-state index in [9.17, 15) is 9.59 Å². The summed E-state index contributed by atoms with van der Waals surface area (Å²) in [5.74, 6) is 1.46. The Labute approximate surface area is 188 Å². The quantitative estimate of drug-likeness (QED) is 0.340. The number of hydrogen-bond acceptors (Lipinski definition) is 5.